The molecule has 1 spiro atoms. The van der Waals surface area contributed by atoms with Gasteiger partial charge in [-0.2, -0.15) is 15.0 Å². The number of carbonyl (C=O) groups is 1. The molecule has 188 valence electrons. The molecule has 4 aromatic rings. The van der Waals surface area contributed by atoms with Gasteiger partial charge in [-0.05, 0) is 65.9 Å². The molecule has 0 bridgehead atoms. The highest BCUT2D eigenvalue weighted by atomic mass is 35.5. The molecule has 1 atom stereocenters. The summed E-state index contributed by atoms with van der Waals surface area (Å²) in [5.74, 6) is 0.374. The number of nitriles is 1. The van der Waals surface area contributed by atoms with E-state index >= 15 is 0 Å². The van der Waals surface area contributed by atoms with Gasteiger partial charge in [-0.25, -0.2) is 9.80 Å². The first kappa shape index (κ1) is 23.9. The highest BCUT2D eigenvalue weighted by Gasteiger charge is 2.49. The molecular formula is C29H23ClN6O2. The Balaban J connectivity index is 1.51. The van der Waals surface area contributed by atoms with Gasteiger partial charge in [-0.3, -0.25) is 4.57 Å². The molecule has 1 aromatic heterocycles. The molecule has 0 saturated heterocycles. The average molecular weight is 523 g/mol. The summed E-state index contributed by atoms with van der Waals surface area (Å²) in [5.41, 5.74) is 4.68. The minimum Gasteiger partial charge on any atom is -0.303 e. The Bertz CT molecular complexity index is 1660. The maximum absolute atomic E-state index is 13.5. The molecule has 0 radical (unpaired) electrons. The fourth-order valence-electron chi connectivity index (χ4n) is 5.54. The van der Waals surface area contributed by atoms with E-state index in [1.807, 2.05) is 24.3 Å². The molecule has 1 aliphatic carbocycles. The van der Waals surface area contributed by atoms with E-state index in [0.717, 1.165) is 30.4 Å². The lowest BCUT2D eigenvalue weighted by molar-refractivity contribution is -0.108. The Hall–Kier alpha value is -4.48. The highest BCUT2D eigenvalue weighted by Crippen LogP contribution is 2.46. The van der Waals surface area contributed by atoms with Gasteiger partial charge in [-0.1, -0.05) is 48.0 Å². The van der Waals surface area contributed by atoms with Crippen molar-refractivity contribution in [2.45, 2.75) is 31.2 Å². The number of fused-ring (bicyclic) bond motifs is 2. The van der Waals surface area contributed by atoms with E-state index in [4.69, 9.17) is 21.8 Å². The lowest BCUT2D eigenvalue weighted by Gasteiger charge is -2.27. The Morgan fingerprint density at radius 1 is 1.05 bits per heavy atom. The number of nitrogens with zero attached hydrogens (tertiary/aromatic N) is 6. The van der Waals surface area contributed by atoms with Crippen molar-refractivity contribution < 1.29 is 4.79 Å². The van der Waals surface area contributed by atoms with Crippen LogP contribution in [0.1, 0.15) is 35.1 Å². The number of benzene rings is 3. The summed E-state index contributed by atoms with van der Waals surface area (Å²) >= 11 is 6.06. The van der Waals surface area contributed by atoms with Crippen LogP contribution < -0.4 is 10.7 Å². The molecule has 9 heteroatoms. The summed E-state index contributed by atoms with van der Waals surface area (Å²) in [4.78, 5) is 24.7. The van der Waals surface area contributed by atoms with Crippen molar-refractivity contribution in [2.75, 3.05) is 11.6 Å². The lowest BCUT2D eigenvalue weighted by atomic mass is 9.75. The van der Waals surface area contributed by atoms with Crippen LogP contribution in [0.4, 0.5) is 5.95 Å². The predicted molar refractivity (Wildman–Crippen MR) is 145 cm³/mol. The molecule has 6 rings (SSSR count). The van der Waals surface area contributed by atoms with Gasteiger partial charge < -0.3 is 4.79 Å². The van der Waals surface area contributed by atoms with E-state index in [1.165, 1.54) is 20.4 Å². The number of rotatable bonds is 6. The van der Waals surface area contributed by atoms with Crippen LogP contribution in [0.15, 0.2) is 82.7 Å². The van der Waals surface area contributed by atoms with Gasteiger partial charge in [-0.15, -0.1) is 5.10 Å². The number of hydrazone groups is 1. The van der Waals surface area contributed by atoms with Crippen molar-refractivity contribution in [1.29, 1.82) is 5.26 Å². The topological polar surface area (TPSA) is 96.3 Å². The summed E-state index contributed by atoms with van der Waals surface area (Å²) in [6, 6.07) is 24.9. The van der Waals surface area contributed by atoms with Crippen molar-refractivity contribution in [2.24, 2.45) is 5.10 Å². The second kappa shape index (κ2) is 9.43. The molecule has 0 N–H and O–H groups in total. The number of aryl methyl sites for hydroxylation is 1. The maximum atomic E-state index is 13.5. The molecule has 0 fully saturated rings. The summed E-state index contributed by atoms with van der Waals surface area (Å²) in [7, 11) is 0. The number of halogens is 1. The molecular weight excluding hydrogens is 500 g/mol. The van der Waals surface area contributed by atoms with Gasteiger partial charge in [0.05, 0.1) is 35.0 Å². The SMILES string of the molecule is N#Cc1ccc(C2=NN(c3nn(-c4ccc(Cl)cc4)c(=O)n3CCC=O)C[C@@]23CCc2ccccc23)cc1. The van der Waals surface area contributed by atoms with Gasteiger partial charge in [0.2, 0.25) is 5.95 Å². The molecule has 0 unspecified atom stereocenters. The van der Waals surface area contributed by atoms with Gasteiger partial charge in [0.15, 0.2) is 0 Å². The van der Waals surface area contributed by atoms with E-state index < -0.39 is 5.41 Å². The molecule has 1 aliphatic heterocycles. The number of carbonyl (C=O) groups excluding carboxylic acids is 1. The molecule has 38 heavy (non-hydrogen) atoms. The van der Waals surface area contributed by atoms with Crippen molar-refractivity contribution >= 4 is 29.5 Å². The van der Waals surface area contributed by atoms with Gasteiger partial charge in [0.1, 0.15) is 6.29 Å². The molecule has 0 saturated carbocycles. The number of anilines is 1. The third kappa shape index (κ3) is 3.83. The predicted octanol–water partition coefficient (Wildman–Crippen LogP) is 4.26. The minimum atomic E-state index is -0.402. The van der Waals surface area contributed by atoms with Crippen LogP contribution >= 0.6 is 11.6 Å². The first-order valence-corrected chi connectivity index (χ1v) is 12.8. The zero-order valence-corrected chi connectivity index (χ0v) is 21.2. The van der Waals surface area contributed by atoms with E-state index in [-0.39, 0.29) is 18.7 Å². The average Bonchev–Trinajstić information content (AvgIpc) is 3.62. The monoisotopic (exact) mass is 522 g/mol. The summed E-state index contributed by atoms with van der Waals surface area (Å²) in [6.07, 6.45) is 2.74. The molecule has 0 amide bonds. The van der Waals surface area contributed by atoms with Crippen LogP contribution in [0.5, 0.6) is 0 Å². The highest BCUT2D eigenvalue weighted by molar-refractivity contribution is 6.30. The Labute approximate surface area is 224 Å². The number of hydrogen-bond acceptors (Lipinski definition) is 6. The van der Waals surface area contributed by atoms with Crippen molar-refractivity contribution in [3.8, 4) is 11.8 Å². The van der Waals surface area contributed by atoms with Crippen LogP contribution in [-0.4, -0.2) is 32.9 Å². The second-order valence-electron chi connectivity index (χ2n) is 9.51. The van der Waals surface area contributed by atoms with Gasteiger partial charge in [0.25, 0.3) is 0 Å². The lowest BCUT2D eigenvalue weighted by Crippen LogP contribution is -2.37. The minimum absolute atomic E-state index is 0.174. The standard InChI is InChI=1S/C29H23ClN6O2/c30-23-10-12-24(13-11-23)36-28(38)34(16-3-17-37)27(33-36)35-19-29(15-14-21-4-1-2-5-25(21)29)26(32-35)22-8-6-20(18-31)7-9-22/h1-2,4-13,17H,3,14-16,19H2/t29-/m1/s1. The number of aromatic nitrogens is 3. The normalized spacial score (nSPS) is 17.9. The smallest absolute Gasteiger partial charge is 0.303 e. The van der Waals surface area contributed by atoms with E-state index in [1.54, 1.807) is 41.4 Å². The van der Waals surface area contributed by atoms with Crippen molar-refractivity contribution in [3.63, 3.8) is 0 Å². The number of hydrogen-bond donors (Lipinski definition) is 0. The number of aldehydes is 1. The van der Waals surface area contributed by atoms with Crippen molar-refractivity contribution in [3.05, 3.63) is 111 Å². The zero-order chi connectivity index (χ0) is 26.3. The fourth-order valence-corrected chi connectivity index (χ4v) is 5.66. The second-order valence-corrected chi connectivity index (χ2v) is 9.95. The quantitative estimate of drug-likeness (QED) is 0.353. The molecule has 8 nitrogen and oxygen atoms in total. The Morgan fingerprint density at radius 3 is 2.55 bits per heavy atom. The first-order valence-electron chi connectivity index (χ1n) is 12.4. The van der Waals surface area contributed by atoms with Crippen LogP contribution in [-0.2, 0) is 23.2 Å². The third-order valence-electron chi connectivity index (χ3n) is 7.35. The van der Waals surface area contributed by atoms with Gasteiger partial charge >= 0.3 is 5.69 Å². The van der Waals surface area contributed by atoms with Crippen LogP contribution in [0.2, 0.25) is 5.02 Å². The summed E-state index contributed by atoms with van der Waals surface area (Å²) < 4.78 is 2.82. The maximum Gasteiger partial charge on any atom is 0.352 e. The summed E-state index contributed by atoms with van der Waals surface area (Å²) in [5, 5.41) is 21.4. The third-order valence-corrected chi connectivity index (χ3v) is 7.60. The van der Waals surface area contributed by atoms with E-state index in [0.29, 0.717) is 28.8 Å². The Morgan fingerprint density at radius 2 is 1.82 bits per heavy atom. The van der Waals surface area contributed by atoms with Gasteiger partial charge in [0, 0.05) is 18.0 Å². The first-order chi connectivity index (χ1) is 18.5. The molecule has 2 aliphatic rings. The van der Waals surface area contributed by atoms with Crippen LogP contribution in [0.3, 0.4) is 0 Å². The summed E-state index contributed by atoms with van der Waals surface area (Å²) in [6.45, 7) is 0.685. The zero-order valence-electron chi connectivity index (χ0n) is 20.4. The van der Waals surface area contributed by atoms with Crippen LogP contribution in [0, 0.1) is 11.3 Å². The molecule has 3 aromatic carbocycles. The van der Waals surface area contributed by atoms with E-state index in [9.17, 15) is 14.9 Å². The Kier molecular flexibility index (Phi) is 5.93. The fraction of sp³-hybridized carbons (Fsp3) is 0.207. The molecule has 2 heterocycles. The van der Waals surface area contributed by atoms with Crippen LogP contribution in [0.25, 0.3) is 5.69 Å². The largest absolute Gasteiger partial charge is 0.352 e. The van der Waals surface area contributed by atoms with Crippen molar-refractivity contribution in [1.82, 2.24) is 14.3 Å². The van der Waals surface area contributed by atoms with E-state index in [2.05, 4.69) is 18.2 Å².